The van der Waals surface area contributed by atoms with Gasteiger partial charge in [-0.05, 0) is 43.8 Å². The van der Waals surface area contributed by atoms with Crippen LogP contribution in [0.2, 0.25) is 0 Å². The number of H-pyrrole nitrogens is 1. The summed E-state index contributed by atoms with van der Waals surface area (Å²) in [6.45, 7) is 2.12. The standard InChI is InChI=1S/C28H28N4O3/c1-31(2)15-16-35-22-12-11-20-13-14-32(25(20)18-22)26(33)17-19-7-9-21(10-8-19)27-23-5-3-4-6-24(23)28(34)30-29-27/h3-12,18H,13-17H2,1-2H3,(H,30,34). The van der Waals surface area contributed by atoms with Gasteiger partial charge in [-0.2, -0.15) is 5.10 Å². The van der Waals surface area contributed by atoms with Crippen LogP contribution in [0.1, 0.15) is 11.1 Å². The molecular weight excluding hydrogens is 440 g/mol. The number of rotatable bonds is 7. The number of carbonyl (C=O) groups is 1. The smallest absolute Gasteiger partial charge is 0.272 e. The summed E-state index contributed by atoms with van der Waals surface area (Å²) in [5.41, 5.74) is 4.44. The largest absolute Gasteiger partial charge is 0.492 e. The van der Waals surface area contributed by atoms with E-state index in [0.717, 1.165) is 40.9 Å². The van der Waals surface area contributed by atoms with Crippen molar-refractivity contribution in [2.45, 2.75) is 12.8 Å². The van der Waals surface area contributed by atoms with E-state index in [4.69, 9.17) is 4.74 Å². The monoisotopic (exact) mass is 468 g/mol. The Hall–Kier alpha value is -3.97. The third-order valence-electron chi connectivity index (χ3n) is 6.34. The second-order valence-electron chi connectivity index (χ2n) is 9.06. The van der Waals surface area contributed by atoms with Crippen molar-refractivity contribution in [2.75, 3.05) is 38.7 Å². The lowest BCUT2D eigenvalue weighted by molar-refractivity contribution is -0.117. The normalized spacial score (nSPS) is 12.8. The molecule has 0 atom stereocenters. The van der Waals surface area contributed by atoms with Crippen molar-refractivity contribution in [3.63, 3.8) is 0 Å². The SMILES string of the molecule is CN(C)CCOc1ccc2c(c1)N(C(=O)Cc1ccc(-c3n[nH]c(=O)c4ccccc34)cc1)CC2. The minimum Gasteiger partial charge on any atom is -0.492 e. The Morgan fingerprint density at radius 3 is 2.60 bits per heavy atom. The molecule has 0 radical (unpaired) electrons. The molecule has 0 bridgehead atoms. The van der Waals surface area contributed by atoms with E-state index in [9.17, 15) is 9.59 Å². The molecule has 0 unspecified atom stereocenters. The number of anilines is 1. The number of amides is 1. The molecule has 1 aromatic heterocycles. The number of hydrogen-bond donors (Lipinski definition) is 1. The summed E-state index contributed by atoms with van der Waals surface area (Å²) in [5, 5.41) is 8.25. The van der Waals surface area contributed by atoms with Crippen LogP contribution in [0.4, 0.5) is 5.69 Å². The molecule has 7 heteroatoms. The number of aromatic nitrogens is 2. The maximum absolute atomic E-state index is 13.2. The Bertz CT molecular complexity index is 1430. The maximum atomic E-state index is 13.2. The number of fused-ring (bicyclic) bond motifs is 2. The fourth-order valence-corrected chi connectivity index (χ4v) is 4.44. The van der Waals surface area contributed by atoms with Crippen LogP contribution in [0.25, 0.3) is 22.0 Å². The summed E-state index contributed by atoms with van der Waals surface area (Å²) in [6, 6.07) is 21.2. The highest BCUT2D eigenvalue weighted by Gasteiger charge is 2.25. The molecule has 1 aliphatic heterocycles. The Balaban J connectivity index is 1.31. The van der Waals surface area contributed by atoms with Gasteiger partial charge in [0, 0.05) is 30.1 Å². The van der Waals surface area contributed by atoms with E-state index in [1.54, 1.807) is 6.07 Å². The van der Waals surface area contributed by atoms with Crippen LogP contribution in [0, 0.1) is 0 Å². The lowest BCUT2D eigenvalue weighted by Crippen LogP contribution is -2.30. The van der Waals surface area contributed by atoms with E-state index in [-0.39, 0.29) is 11.5 Å². The quantitative estimate of drug-likeness (QED) is 0.448. The zero-order valence-corrected chi connectivity index (χ0v) is 20.0. The zero-order chi connectivity index (χ0) is 24.4. The number of nitrogens with one attached hydrogen (secondary N) is 1. The number of ether oxygens (including phenoxy) is 1. The van der Waals surface area contributed by atoms with E-state index >= 15 is 0 Å². The third-order valence-corrected chi connectivity index (χ3v) is 6.34. The fourth-order valence-electron chi connectivity index (χ4n) is 4.44. The van der Waals surface area contributed by atoms with Crippen molar-refractivity contribution < 1.29 is 9.53 Å². The van der Waals surface area contributed by atoms with Crippen molar-refractivity contribution >= 4 is 22.4 Å². The molecule has 5 rings (SSSR count). The first-order chi connectivity index (χ1) is 17.0. The molecule has 178 valence electrons. The van der Waals surface area contributed by atoms with Crippen LogP contribution in [0.15, 0.2) is 71.5 Å². The second-order valence-corrected chi connectivity index (χ2v) is 9.06. The van der Waals surface area contributed by atoms with Gasteiger partial charge in [0.25, 0.3) is 5.56 Å². The summed E-state index contributed by atoms with van der Waals surface area (Å²) in [7, 11) is 4.02. The first-order valence-electron chi connectivity index (χ1n) is 11.8. The van der Waals surface area contributed by atoms with Gasteiger partial charge in [-0.25, -0.2) is 5.10 Å². The molecule has 3 aromatic carbocycles. The molecule has 0 aliphatic carbocycles. The Morgan fingerprint density at radius 2 is 1.83 bits per heavy atom. The molecule has 0 fully saturated rings. The van der Waals surface area contributed by atoms with E-state index in [1.807, 2.05) is 73.6 Å². The first-order valence-corrected chi connectivity index (χ1v) is 11.8. The maximum Gasteiger partial charge on any atom is 0.272 e. The lowest BCUT2D eigenvalue weighted by Gasteiger charge is -2.19. The number of likely N-dealkylation sites (N-methyl/N-ethyl adjacent to an activating group) is 1. The summed E-state index contributed by atoms with van der Waals surface area (Å²) in [4.78, 5) is 29.2. The second kappa shape index (κ2) is 9.72. The van der Waals surface area contributed by atoms with E-state index in [0.29, 0.717) is 30.7 Å². The Kier molecular flexibility index (Phi) is 6.33. The number of benzene rings is 3. The fraction of sp³-hybridized carbons (Fsp3) is 0.250. The predicted molar refractivity (Wildman–Crippen MR) is 138 cm³/mol. The van der Waals surface area contributed by atoms with Crippen LogP contribution in [-0.4, -0.2) is 54.8 Å². The minimum atomic E-state index is -0.205. The van der Waals surface area contributed by atoms with Crippen LogP contribution in [0.5, 0.6) is 5.75 Å². The molecule has 0 saturated heterocycles. The molecular formula is C28H28N4O3. The summed E-state index contributed by atoms with van der Waals surface area (Å²) < 4.78 is 5.87. The molecule has 1 N–H and O–H groups in total. The number of aromatic amines is 1. The van der Waals surface area contributed by atoms with Gasteiger partial charge >= 0.3 is 0 Å². The predicted octanol–water partition coefficient (Wildman–Crippen LogP) is 3.66. The van der Waals surface area contributed by atoms with Crippen molar-refractivity contribution in [1.82, 2.24) is 15.1 Å². The minimum absolute atomic E-state index is 0.0644. The Morgan fingerprint density at radius 1 is 1.06 bits per heavy atom. The van der Waals surface area contributed by atoms with Gasteiger partial charge in [0.2, 0.25) is 5.91 Å². The van der Waals surface area contributed by atoms with Crippen LogP contribution in [0.3, 0.4) is 0 Å². The van der Waals surface area contributed by atoms with E-state index in [2.05, 4.69) is 21.2 Å². The molecule has 0 spiro atoms. The zero-order valence-electron chi connectivity index (χ0n) is 20.0. The average Bonchev–Trinajstić information content (AvgIpc) is 3.28. The number of carbonyl (C=O) groups excluding carboxylic acids is 1. The summed E-state index contributed by atoms with van der Waals surface area (Å²) in [6.07, 6.45) is 1.16. The highest BCUT2D eigenvalue weighted by Crippen LogP contribution is 2.32. The molecule has 7 nitrogen and oxygen atoms in total. The van der Waals surface area contributed by atoms with Crippen molar-refractivity contribution in [3.8, 4) is 17.0 Å². The molecule has 4 aromatic rings. The molecule has 0 saturated carbocycles. The van der Waals surface area contributed by atoms with Crippen LogP contribution in [-0.2, 0) is 17.6 Å². The average molecular weight is 469 g/mol. The van der Waals surface area contributed by atoms with Crippen molar-refractivity contribution in [2.24, 2.45) is 0 Å². The summed E-state index contributed by atoms with van der Waals surface area (Å²) >= 11 is 0. The van der Waals surface area contributed by atoms with Gasteiger partial charge in [0.1, 0.15) is 12.4 Å². The molecule has 2 heterocycles. The summed E-state index contributed by atoms with van der Waals surface area (Å²) in [5.74, 6) is 0.852. The molecule has 35 heavy (non-hydrogen) atoms. The first kappa shape index (κ1) is 22.8. The number of hydrogen-bond acceptors (Lipinski definition) is 5. The van der Waals surface area contributed by atoms with Crippen molar-refractivity contribution in [1.29, 1.82) is 0 Å². The van der Waals surface area contributed by atoms with Gasteiger partial charge in [-0.15, -0.1) is 0 Å². The van der Waals surface area contributed by atoms with Gasteiger partial charge in [-0.1, -0.05) is 48.5 Å². The van der Waals surface area contributed by atoms with Crippen LogP contribution >= 0.6 is 0 Å². The Labute approximate surface area is 204 Å². The van der Waals surface area contributed by atoms with E-state index < -0.39 is 0 Å². The lowest BCUT2D eigenvalue weighted by atomic mass is 10.0. The van der Waals surface area contributed by atoms with Gasteiger partial charge in [-0.3, -0.25) is 9.59 Å². The van der Waals surface area contributed by atoms with Crippen molar-refractivity contribution in [3.05, 3.63) is 88.2 Å². The van der Waals surface area contributed by atoms with Gasteiger partial charge in [0.05, 0.1) is 23.2 Å². The van der Waals surface area contributed by atoms with Gasteiger partial charge < -0.3 is 14.5 Å². The van der Waals surface area contributed by atoms with Crippen LogP contribution < -0.4 is 15.2 Å². The van der Waals surface area contributed by atoms with Gasteiger partial charge in [0.15, 0.2) is 0 Å². The van der Waals surface area contributed by atoms with E-state index in [1.165, 1.54) is 5.56 Å². The molecule has 1 amide bonds. The highest BCUT2D eigenvalue weighted by molar-refractivity contribution is 5.97. The topological polar surface area (TPSA) is 78.5 Å². The third kappa shape index (κ3) is 4.81. The molecule has 1 aliphatic rings. The number of nitrogens with zero attached hydrogens (tertiary/aromatic N) is 3. The highest BCUT2D eigenvalue weighted by atomic mass is 16.5.